The van der Waals surface area contributed by atoms with Gasteiger partial charge in [-0.1, -0.05) is 19.1 Å². The van der Waals surface area contributed by atoms with E-state index < -0.39 is 5.51 Å². The van der Waals surface area contributed by atoms with Gasteiger partial charge in [0.05, 0.1) is 0 Å². The third-order valence-corrected chi connectivity index (χ3v) is 4.22. The lowest BCUT2D eigenvalue weighted by molar-refractivity contribution is -0.0328. The molecule has 0 amide bonds. The summed E-state index contributed by atoms with van der Waals surface area (Å²) >= 11 is -0.0593. The average molecular weight is 304 g/mol. The van der Waals surface area contributed by atoms with Gasteiger partial charge in [-0.15, -0.1) is 0 Å². The van der Waals surface area contributed by atoms with Crippen LogP contribution in [0.4, 0.5) is 13.2 Å². The van der Waals surface area contributed by atoms with Crippen LogP contribution in [0.15, 0.2) is 29.2 Å². The Morgan fingerprint density at radius 1 is 1.20 bits per heavy atom. The fourth-order valence-electron chi connectivity index (χ4n) is 2.59. The molecule has 20 heavy (non-hydrogen) atoms. The van der Waals surface area contributed by atoms with Crippen LogP contribution in [0.2, 0.25) is 0 Å². The molecule has 2 nitrogen and oxygen atoms in total. The van der Waals surface area contributed by atoms with E-state index >= 15 is 0 Å². The number of nitrogens with one attached hydrogen (secondary N) is 1. The highest BCUT2D eigenvalue weighted by molar-refractivity contribution is 8.00. The number of piperazine rings is 1. The second-order valence-electron chi connectivity index (χ2n) is 4.83. The van der Waals surface area contributed by atoms with Crippen molar-refractivity contribution in [3.05, 3.63) is 29.8 Å². The molecule has 0 aliphatic carbocycles. The molecule has 0 bridgehead atoms. The quantitative estimate of drug-likeness (QED) is 0.855. The summed E-state index contributed by atoms with van der Waals surface area (Å²) < 4.78 is 36.9. The van der Waals surface area contributed by atoms with Crippen LogP contribution in [0.25, 0.3) is 0 Å². The third-order valence-electron chi connectivity index (χ3n) is 3.48. The number of halogens is 3. The standard InChI is InChI=1S/C14H19F3N2S/c1-2-13(19-9-7-18-8-10-19)11-3-5-12(6-4-11)20-14(15,16)17/h3-6,13,18H,2,7-10H2,1H3/t13-/m0/s1. The SMILES string of the molecule is CC[C@@H](c1ccc(SC(F)(F)F)cc1)N1CCNCC1. The molecule has 1 N–H and O–H groups in total. The zero-order valence-electron chi connectivity index (χ0n) is 11.4. The summed E-state index contributed by atoms with van der Waals surface area (Å²) in [5.41, 5.74) is -3.12. The molecule has 1 saturated heterocycles. The van der Waals surface area contributed by atoms with E-state index in [1.54, 1.807) is 12.1 Å². The number of hydrogen-bond donors (Lipinski definition) is 1. The Bertz CT molecular complexity index is 413. The van der Waals surface area contributed by atoms with E-state index in [-0.39, 0.29) is 16.7 Å². The molecule has 1 atom stereocenters. The Hall–Kier alpha value is -0.720. The monoisotopic (exact) mass is 304 g/mol. The van der Waals surface area contributed by atoms with Crippen LogP contribution >= 0.6 is 11.8 Å². The number of thioether (sulfide) groups is 1. The van der Waals surface area contributed by atoms with Gasteiger partial charge in [-0.2, -0.15) is 13.2 Å². The first-order valence-corrected chi connectivity index (χ1v) is 7.61. The Morgan fingerprint density at radius 2 is 1.80 bits per heavy atom. The second-order valence-corrected chi connectivity index (χ2v) is 5.97. The maximum absolute atomic E-state index is 12.3. The highest BCUT2D eigenvalue weighted by atomic mass is 32.2. The lowest BCUT2D eigenvalue weighted by atomic mass is 10.0. The van der Waals surface area contributed by atoms with Crippen molar-refractivity contribution >= 4 is 11.8 Å². The molecule has 2 rings (SSSR count). The molecule has 1 aromatic carbocycles. The second kappa shape index (κ2) is 6.83. The summed E-state index contributed by atoms with van der Waals surface area (Å²) in [5.74, 6) is 0. The molecule has 0 aromatic heterocycles. The number of rotatable bonds is 4. The minimum absolute atomic E-state index is 0.0593. The van der Waals surface area contributed by atoms with Gasteiger partial charge in [-0.3, -0.25) is 4.90 Å². The Labute approximate surface area is 121 Å². The predicted molar refractivity (Wildman–Crippen MR) is 75.8 cm³/mol. The first kappa shape index (κ1) is 15.7. The van der Waals surface area contributed by atoms with Crippen molar-refractivity contribution < 1.29 is 13.2 Å². The van der Waals surface area contributed by atoms with E-state index in [0.717, 1.165) is 38.2 Å². The fraction of sp³-hybridized carbons (Fsp3) is 0.571. The van der Waals surface area contributed by atoms with Crippen LogP contribution in [-0.2, 0) is 0 Å². The van der Waals surface area contributed by atoms with E-state index in [9.17, 15) is 13.2 Å². The predicted octanol–water partition coefficient (Wildman–Crippen LogP) is 3.65. The van der Waals surface area contributed by atoms with E-state index in [2.05, 4.69) is 17.1 Å². The number of benzene rings is 1. The topological polar surface area (TPSA) is 15.3 Å². The van der Waals surface area contributed by atoms with Gasteiger partial charge in [0.2, 0.25) is 0 Å². The van der Waals surface area contributed by atoms with Crippen molar-refractivity contribution in [3.8, 4) is 0 Å². The largest absolute Gasteiger partial charge is 0.446 e. The lowest BCUT2D eigenvalue weighted by Gasteiger charge is -2.34. The minimum Gasteiger partial charge on any atom is -0.314 e. The van der Waals surface area contributed by atoms with Crippen molar-refractivity contribution in [1.82, 2.24) is 10.2 Å². The lowest BCUT2D eigenvalue weighted by Crippen LogP contribution is -2.45. The molecule has 1 fully saturated rings. The van der Waals surface area contributed by atoms with E-state index in [4.69, 9.17) is 0 Å². The van der Waals surface area contributed by atoms with E-state index in [1.807, 2.05) is 12.1 Å². The van der Waals surface area contributed by atoms with Gasteiger partial charge in [-0.05, 0) is 35.9 Å². The Kier molecular flexibility index (Phi) is 5.35. The van der Waals surface area contributed by atoms with Crippen LogP contribution in [0.3, 0.4) is 0 Å². The molecule has 0 spiro atoms. The molecule has 112 valence electrons. The van der Waals surface area contributed by atoms with Gasteiger partial charge < -0.3 is 5.32 Å². The van der Waals surface area contributed by atoms with Crippen molar-refractivity contribution in [1.29, 1.82) is 0 Å². The van der Waals surface area contributed by atoms with Crippen molar-refractivity contribution in [3.63, 3.8) is 0 Å². The van der Waals surface area contributed by atoms with Crippen LogP contribution in [0, 0.1) is 0 Å². The summed E-state index contributed by atoms with van der Waals surface area (Å²) in [5, 5.41) is 3.31. The molecule has 1 heterocycles. The highest BCUT2D eigenvalue weighted by Crippen LogP contribution is 2.37. The maximum atomic E-state index is 12.3. The normalized spacial score (nSPS) is 19.0. The molecule has 0 unspecified atom stereocenters. The molecule has 0 saturated carbocycles. The first-order chi connectivity index (χ1) is 9.49. The smallest absolute Gasteiger partial charge is 0.314 e. The zero-order valence-corrected chi connectivity index (χ0v) is 12.2. The molecule has 1 aromatic rings. The summed E-state index contributed by atoms with van der Waals surface area (Å²) in [6.45, 7) is 6.03. The molecule has 1 aliphatic heterocycles. The van der Waals surface area contributed by atoms with Gasteiger partial charge in [0, 0.05) is 37.1 Å². The third kappa shape index (κ3) is 4.40. The average Bonchev–Trinajstić information content (AvgIpc) is 2.41. The number of nitrogens with zero attached hydrogens (tertiary/aromatic N) is 1. The van der Waals surface area contributed by atoms with E-state index in [0.29, 0.717) is 6.04 Å². The Balaban J connectivity index is 2.06. The minimum atomic E-state index is -4.22. The van der Waals surface area contributed by atoms with Crippen molar-refractivity contribution in [2.24, 2.45) is 0 Å². The summed E-state index contributed by atoms with van der Waals surface area (Å²) in [4.78, 5) is 2.64. The van der Waals surface area contributed by atoms with Gasteiger partial charge >= 0.3 is 5.51 Å². The van der Waals surface area contributed by atoms with Gasteiger partial charge in [0.1, 0.15) is 0 Å². The highest BCUT2D eigenvalue weighted by Gasteiger charge is 2.29. The summed E-state index contributed by atoms with van der Waals surface area (Å²) in [6, 6.07) is 7.08. The van der Waals surface area contributed by atoms with Crippen LogP contribution in [-0.4, -0.2) is 36.6 Å². The summed E-state index contributed by atoms with van der Waals surface area (Å²) in [6.07, 6.45) is 0.964. The van der Waals surface area contributed by atoms with Gasteiger partial charge in [0.15, 0.2) is 0 Å². The molecular formula is C14H19F3N2S. The molecule has 6 heteroatoms. The zero-order chi connectivity index (χ0) is 14.6. The maximum Gasteiger partial charge on any atom is 0.446 e. The number of hydrogen-bond acceptors (Lipinski definition) is 3. The molecule has 1 aliphatic rings. The molecule has 0 radical (unpaired) electrons. The molecular weight excluding hydrogens is 285 g/mol. The van der Waals surface area contributed by atoms with Crippen LogP contribution in [0.5, 0.6) is 0 Å². The summed E-state index contributed by atoms with van der Waals surface area (Å²) in [7, 11) is 0. The Morgan fingerprint density at radius 3 is 2.30 bits per heavy atom. The van der Waals surface area contributed by atoms with Crippen molar-refractivity contribution in [2.75, 3.05) is 26.2 Å². The van der Waals surface area contributed by atoms with Crippen LogP contribution in [0.1, 0.15) is 24.9 Å². The van der Waals surface area contributed by atoms with E-state index in [1.165, 1.54) is 0 Å². The van der Waals surface area contributed by atoms with Gasteiger partial charge in [0.25, 0.3) is 0 Å². The van der Waals surface area contributed by atoms with Crippen molar-refractivity contribution in [2.45, 2.75) is 29.8 Å². The fourth-order valence-corrected chi connectivity index (χ4v) is 3.13. The number of alkyl halides is 3. The van der Waals surface area contributed by atoms with Crippen LogP contribution < -0.4 is 5.32 Å². The first-order valence-electron chi connectivity index (χ1n) is 6.80. The van der Waals surface area contributed by atoms with Gasteiger partial charge in [-0.25, -0.2) is 0 Å².